The van der Waals surface area contributed by atoms with Crippen LogP contribution >= 0.6 is 45.2 Å². The predicted molar refractivity (Wildman–Crippen MR) is 56.6 cm³/mol. The number of halogens is 2. The Bertz CT molecular complexity index is 238. The van der Waals surface area contributed by atoms with Crippen LogP contribution in [-0.2, 0) is 42.3 Å². The maximum atomic E-state index is 10.5. The van der Waals surface area contributed by atoms with E-state index in [0.717, 1.165) is 0 Å². The number of terminal acetylenes is 1. The van der Waals surface area contributed by atoms with Crippen LogP contribution in [0.4, 0.5) is 0 Å². The molecule has 1 rings (SSSR count). The van der Waals surface area contributed by atoms with Crippen molar-refractivity contribution in [3.8, 4) is 6.42 Å². The van der Waals surface area contributed by atoms with Gasteiger partial charge in [0.05, 0.1) is 19.0 Å². The van der Waals surface area contributed by atoms with Crippen molar-refractivity contribution in [2.75, 3.05) is 0 Å². The van der Waals surface area contributed by atoms with Crippen molar-refractivity contribution in [1.82, 2.24) is 0 Å². The fourth-order valence-electron chi connectivity index (χ4n) is 0.378. The van der Waals surface area contributed by atoms with Gasteiger partial charge in [-0.2, -0.15) is 0 Å². The largest absolute Gasteiger partial charge is 0.697 e. The summed E-state index contributed by atoms with van der Waals surface area (Å²) in [7, 11) is 0. The van der Waals surface area contributed by atoms with Crippen molar-refractivity contribution in [3.05, 3.63) is 18.9 Å². The molecule has 0 aromatic carbocycles. The molecule has 0 aromatic rings. The quantitative estimate of drug-likeness (QED) is 0.239. The Labute approximate surface area is 123 Å². The molecule has 12 heavy (non-hydrogen) atoms. The molecule has 6 heteroatoms. The molecule has 61 valence electrons. The minimum atomic E-state index is -0.412. The Kier molecular flexibility index (Phi) is 9.56. The van der Waals surface area contributed by atoms with Crippen molar-refractivity contribution in [1.29, 1.82) is 0 Å². The minimum Gasteiger partial charge on any atom is -0.697 e. The summed E-state index contributed by atoms with van der Waals surface area (Å²) in [5, 5.41) is 3.18. The second kappa shape index (κ2) is 7.41. The molecule has 0 saturated heterocycles. The molecule has 0 aromatic heterocycles. The summed E-state index contributed by atoms with van der Waals surface area (Å²) in [6.45, 7) is 0. The van der Waals surface area contributed by atoms with E-state index in [9.17, 15) is 9.59 Å². The van der Waals surface area contributed by atoms with Crippen LogP contribution in [0.5, 0.6) is 0 Å². The smallest absolute Gasteiger partial charge is 0.0950 e. The average Bonchev–Trinajstić information content (AvgIpc) is 2.22. The van der Waals surface area contributed by atoms with E-state index in [1.54, 1.807) is 0 Å². The van der Waals surface area contributed by atoms with Gasteiger partial charge in [-0.3, -0.25) is 0 Å². The Balaban J connectivity index is 0. The number of nitrogens with zero attached hydrogens (tertiary/aromatic N) is 1. The SMILES string of the molecule is O=C1[N-]C(=O)C(I)=C1I.[C-]#C.[Y]. The van der Waals surface area contributed by atoms with Crippen LogP contribution in [0.1, 0.15) is 0 Å². The van der Waals surface area contributed by atoms with Crippen LogP contribution in [-0.4, -0.2) is 11.8 Å². The Hall–Kier alpha value is 1.00. The molecule has 1 heterocycles. The zero-order valence-electron chi connectivity index (χ0n) is 5.67. The second-order valence-corrected chi connectivity index (χ2v) is 3.51. The summed E-state index contributed by atoms with van der Waals surface area (Å²) in [4.78, 5) is 21.1. The van der Waals surface area contributed by atoms with Gasteiger partial charge in [0.1, 0.15) is 0 Å². The number of rotatable bonds is 0. The molecule has 0 saturated carbocycles. The van der Waals surface area contributed by atoms with Gasteiger partial charge in [0.15, 0.2) is 0 Å². The van der Waals surface area contributed by atoms with Gasteiger partial charge in [0.25, 0.3) is 0 Å². The molecular weight excluding hydrogens is 461 g/mol. The van der Waals surface area contributed by atoms with Crippen LogP contribution in [0.25, 0.3) is 5.32 Å². The minimum absolute atomic E-state index is 0. The fraction of sp³-hybridized carbons (Fsp3) is 0. The third kappa shape index (κ3) is 3.81. The van der Waals surface area contributed by atoms with Gasteiger partial charge in [-0.15, -0.1) is 0 Å². The summed E-state index contributed by atoms with van der Waals surface area (Å²) in [6, 6.07) is 0. The van der Waals surface area contributed by atoms with Gasteiger partial charge >= 0.3 is 0 Å². The number of hydrogen-bond donors (Lipinski definition) is 0. The van der Waals surface area contributed by atoms with Gasteiger partial charge in [-0.25, -0.2) is 0 Å². The third-order valence-corrected chi connectivity index (χ3v) is 3.80. The van der Waals surface area contributed by atoms with Crippen LogP contribution in [0.3, 0.4) is 0 Å². The molecule has 0 unspecified atom stereocenters. The van der Waals surface area contributed by atoms with E-state index in [0.29, 0.717) is 7.16 Å². The van der Waals surface area contributed by atoms with E-state index < -0.39 is 11.8 Å². The number of carbonyl (C=O) groups excluding carboxylic acids is 2. The Morgan fingerprint density at radius 3 is 1.42 bits per heavy atom. The summed E-state index contributed by atoms with van der Waals surface area (Å²) in [5.41, 5.74) is 0. The molecule has 3 nitrogen and oxygen atoms in total. The number of carbonyl (C=O) groups is 2. The van der Waals surface area contributed by atoms with Crippen LogP contribution in [0.15, 0.2) is 7.16 Å². The maximum Gasteiger partial charge on any atom is 0.0950 e. The van der Waals surface area contributed by atoms with Crippen LogP contribution < -0.4 is 0 Å². The average molecular weight is 462 g/mol. The van der Waals surface area contributed by atoms with Crippen molar-refractivity contribution in [3.63, 3.8) is 0 Å². The number of hydrogen-bond acceptors (Lipinski definition) is 2. The normalized spacial score (nSPS) is 14.3. The molecule has 0 atom stereocenters. The summed E-state index contributed by atoms with van der Waals surface area (Å²) >= 11 is 3.61. The van der Waals surface area contributed by atoms with Gasteiger partial charge in [-0.05, 0) is 45.2 Å². The molecule has 1 aliphatic heterocycles. The first-order chi connectivity index (χ1) is 5.13. The van der Waals surface area contributed by atoms with E-state index in [2.05, 4.69) is 11.7 Å². The van der Waals surface area contributed by atoms with Crippen LogP contribution in [0, 0.1) is 12.8 Å². The molecule has 0 fully saturated rings. The molecule has 1 aliphatic rings. The molecule has 0 bridgehead atoms. The van der Waals surface area contributed by atoms with Gasteiger partial charge in [-0.1, -0.05) is 0 Å². The summed E-state index contributed by atoms with van der Waals surface area (Å²) in [5.74, 6) is -0.824. The van der Waals surface area contributed by atoms with Crippen molar-refractivity contribution < 1.29 is 42.3 Å². The van der Waals surface area contributed by atoms with Crippen molar-refractivity contribution in [2.24, 2.45) is 0 Å². The van der Waals surface area contributed by atoms with Gasteiger partial charge in [0, 0.05) is 32.7 Å². The van der Waals surface area contributed by atoms with Crippen molar-refractivity contribution >= 4 is 57.0 Å². The monoisotopic (exact) mass is 462 g/mol. The van der Waals surface area contributed by atoms with E-state index in [4.69, 9.17) is 6.42 Å². The van der Waals surface area contributed by atoms with E-state index in [1.807, 2.05) is 45.2 Å². The van der Waals surface area contributed by atoms with E-state index in [-0.39, 0.29) is 32.7 Å². The first kappa shape index (κ1) is 15.5. The van der Waals surface area contributed by atoms with Crippen molar-refractivity contribution in [2.45, 2.75) is 0 Å². The van der Waals surface area contributed by atoms with Gasteiger partial charge in [0.2, 0.25) is 0 Å². The zero-order chi connectivity index (χ0) is 9.02. The first-order valence-electron chi connectivity index (χ1n) is 2.27. The predicted octanol–water partition coefficient (Wildman–Crippen LogP) is 1.71. The molecule has 0 spiro atoms. The summed E-state index contributed by atoms with van der Waals surface area (Å²) in [6.07, 6.45) is 9.00. The molecule has 1 radical (unpaired) electrons. The van der Waals surface area contributed by atoms with Gasteiger partial charge < -0.3 is 27.8 Å². The molecule has 0 N–H and O–H groups in total. The maximum absolute atomic E-state index is 10.5. The van der Waals surface area contributed by atoms with Crippen LogP contribution in [0.2, 0.25) is 0 Å². The Morgan fingerprint density at radius 2 is 1.33 bits per heavy atom. The van der Waals surface area contributed by atoms with E-state index in [1.165, 1.54) is 0 Å². The Morgan fingerprint density at radius 1 is 1.08 bits per heavy atom. The zero-order valence-corrected chi connectivity index (χ0v) is 12.8. The number of amides is 2. The molecule has 0 aliphatic carbocycles. The van der Waals surface area contributed by atoms with E-state index >= 15 is 0 Å². The molecular formula is C6HI2NO2Y-2. The standard InChI is InChI=1S/C4HI2NO2.C2H.Y/c5-1-2(6)4(9)7-3(1)8;1-2;/h(H,7,8,9);1H;/q;-1;/p-1. The molecule has 2 amide bonds. The first-order valence-corrected chi connectivity index (χ1v) is 4.43. The number of imide groups is 1. The fourth-order valence-corrected chi connectivity index (χ4v) is 1.08. The second-order valence-electron chi connectivity index (χ2n) is 1.35. The third-order valence-electron chi connectivity index (χ3n) is 0.771. The summed E-state index contributed by atoms with van der Waals surface area (Å²) < 4.78 is 0.858. The topological polar surface area (TPSA) is 48.2 Å².